The third-order valence-corrected chi connectivity index (χ3v) is 13.3. The van der Waals surface area contributed by atoms with Gasteiger partial charge in [-0.3, -0.25) is 30.9 Å². The predicted octanol–water partition coefficient (Wildman–Crippen LogP) is 5.83. The molecule has 0 fully saturated rings. The number of pyridine rings is 4. The van der Waals surface area contributed by atoms with E-state index in [1.807, 2.05) is 146 Å². The van der Waals surface area contributed by atoms with Crippen LogP contribution < -0.4 is 68.4 Å². The van der Waals surface area contributed by atoms with Crippen molar-refractivity contribution in [3.8, 4) is 33.4 Å². The largest absolute Gasteiger partial charge is 0.491 e. The van der Waals surface area contributed by atoms with E-state index in [2.05, 4.69) is 102 Å². The molecule has 552 valence electrons. The van der Waals surface area contributed by atoms with Gasteiger partial charge in [-0.1, -0.05) is 15.9 Å². The van der Waals surface area contributed by atoms with Crippen molar-refractivity contribution in [1.29, 1.82) is 0 Å². The van der Waals surface area contributed by atoms with Crippen LogP contribution in [0.5, 0.6) is 0 Å². The number of carbonyl (C=O) groups is 6. The zero-order valence-electron chi connectivity index (χ0n) is 59.0. The molecular formula is C64H82BBrCl2N26O10. The second-order valence-corrected chi connectivity index (χ2v) is 22.8. The van der Waals surface area contributed by atoms with Crippen LogP contribution in [0.2, 0.25) is 0 Å². The molecule has 10 heterocycles. The summed E-state index contributed by atoms with van der Waals surface area (Å²) in [6.45, 7) is 8.61. The Hall–Kier alpha value is -11.7. The van der Waals surface area contributed by atoms with Crippen LogP contribution in [0, 0.1) is 0 Å². The number of halogens is 3. The monoisotopic (exact) mass is 1530 g/mol. The maximum Gasteiger partial charge on any atom is 0.491 e. The number of nitrogens with one attached hydrogen (secondary N) is 6. The first-order chi connectivity index (χ1) is 49.6. The number of fused-ring (bicyclic) bond motifs is 2. The summed E-state index contributed by atoms with van der Waals surface area (Å²) in [5, 5.41) is 31.7. The molecule has 0 saturated heterocycles. The van der Waals surface area contributed by atoms with Crippen molar-refractivity contribution in [3.63, 3.8) is 0 Å². The topological polar surface area (TPSA) is 462 Å². The first-order valence-corrected chi connectivity index (χ1v) is 33.0. The number of nitrogens with two attached hydrogens (primary N) is 2. The van der Waals surface area contributed by atoms with Crippen molar-refractivity contribution in [3.05, 3.63) is 140 Å². The number of alkyl halides is 2. The number of nitrogens with zero attached hydrogens (tertiary/aromatic N) is 18. The minimum atomic E-state index is -1.50. The van der Waals surface area contributed by atoms with Gasteiger partial charge < -0.3 is 70.0 Å². The number of aromatic nitrogens is 14. The lowest BCUT2D eigenvalue weighted by Gasteiger charge is -2.09. The lowest BCUT2D eigenvalue weighted by atomic mass is 9.83. The maximum atomic E-state index is 11.6. The summed E-state index contributed by atoms with van der Waals surface area (Å²) in [6.07, 6.45) is 22.7. The third kappa shape index (κ3) is 30.2. The molecule has 0 saturated carbocycles. The highest BCUT2D eigenvalue weighted by Crippen LogP contribution is 2.24. The van der Waals surface area contributed by atoms with Gasteiger partial charge >= 0.3 is 31.4 Å². The molecule has 0 bridgehead atoms. The van der Waals surface area contributed by atoms with Crippen LogP contribution in [0.25, 0.3) is 44.7 Å². The molecule has 10 rings (SSSR count). The molecule has 0 radical (unpaired) electrons. The molecule has 8 amide bonds. The Morgan fingerprint density at radius 2 is 0.865 bits per heavy atom. The molecule has 10 aromatic heterocycles. The van der Waals surface area contributed by atoms with Gasteiger partial charge in [0.1, 0.15) is 34.7 Å². The predicted molar refractivity (Wildman–Crippen MR) is 405 cm³/mol. The number of hydrogen-bond acceptors (Lipinski definition) is 28. The van der Waals surface area contributed by atoms with Gasteiger partial charge in [-0.2, -0.15) is 0 Å². The number of amides is 8. The van der Waals surface area contributed by atoms with Crippen LogP contribution in [-0.2, 0) is 19.1 Å². The Balaban J connectivity index is 0.000000267. The van der Waals surface area contributed by atoms with Crippen LogP contribution >= 0.6 is 39.1 Å². The minimum Gasteiger partial charge on any atom is -0.450 e. The van der Waals surface area contributed by atoms with E-state index in [0.717, 1.165) is 43.5 Å². The Kier molecular flexibility index (Phi) is 36.2. The summed E-state index contributed by atoms with van der Waals surface area (Å²) >= 11 is 13.4. The van der Waals surface area contributed by atoms with Crippen molar-refractivity contribution in [2.24, 2.45) is 0 Å². The molecule has 0 spiro atoms. The normalized spacial score (nSPS) is 9.93. The fraction of sp³-hybridized carbons (Fsp3) is 0.281. The Bertz CT molecular complexity index is 4100. The Morgan fingerprint density at radius 3 is 1.23 bits per heavy atom. The van der Waals surface area contributed by atoms with Crippen LogP contribution in [0.1, 0.15) is 27.7 Å². The number of alkyl carbamates (subject to hydrolysis) is 1. The lowest BCUT2D eigenvalue weighted by molar-refractivity contribution is -0.118. The van der Waals surface area contributed by atoms with Crippen molar-refractivity contribution < 1.29 is 48.3 Å². The standard InChI is InChI=1S/C16H19N7O.C16H18N6O2.C11H13N5.C6H10BN3O2.C5H5BrN2.C5H9ClN2O2.C5H8ClNO3/c1-4-17-16(24)21-13-10-23-6-5-11(7-14(23)20-13)12-8-18-15(19-9-12)22(2)3;1-4-24-16(23)20-13-10-22-6-5-11(7-14(22)19-13)12-8-17-15(18-9-12)21(2)3;1-16(2)11-14-6-9(7-15-11)8-3-4-13-10(12)5-8;1-10(2)6-8-3-5(4-9-6)7(11)12;6-4-1-2-8-5(7)3-4;1-2-7-5(10)8-4(9)3-6;1-2-10-5(9)7-4(8)3-6/h5-10H,4H2,1-3H3,(H2,17,21,24);5-10H,4H2,1-3H3,(H,20,23);3-7H,1-2H3,(H2,12,13);3-4,11-12H,1-2H3;1-3H,(H2,7,8);2-3H2,1H3,(H2,7,8,9,10);2-3H2,1H3,(H,7,8,9). The molecule has 0 aliphatic rings. The molecule has 0 aromatic carbocycles. The zero-order chi connectivity index (χ0) is 76.8. The van der Waals surface area contributed by atoms with Crippen LogP contribution in [-0.4, -0.2) is 216 Å². The van der Waals surface area contributed by atoms with Crippen molar-refractivity contribution in [2.45, 2.75) is 27.7 Å². The van der Waals surface area contributed by atoms with Crippen molar-refractivity contribution >= 4 is 146 Å². The number of urea groups is 2. The molecule has 0 unspecified atom stereocenters. The van der Waals surface area contributed by atoms with E-state index >= 15 is 0 Å². The molecule has 10 aromatic rings. The number of rotatable bonds is 16. The van der Waals surface area contributed by atoms with Gasteiger partial charge in [0.15, 0.2) is 11.6 Å². The van der Waals surface area contributed by atoms with Crippen LogP contribution in [0.4, 0.5) is 66.2 Å². The van der Waals surface area contributed by atoms with Gasteiger partial charge in [0.2, 0.25) is 35.6 Å². The molecule has 0 aliphatic carbocycles. The highest BCUT2D eigenvalue weighted by atomic mass is 79.9. The second kappa shape index (κ2) is 44.5. The van der Waals surface area contributed by atoms with Crippen molar-refractivity contribution in [2.75, 3.05) is 136 Å². The van der Waals surface area contributed by atoms with E-state index in [4.69, 9.17) is 49.5 Å². The Morgan fingerprint density at radius 1 is 0.490 bits per heavy atom. The summed E-state index contributed by atoms with van der Waals surface area (Å²) in [7, 11) is 13.5. The van der Waals surface area contributed by atoms with Gasteiger partial charge in [0, 0.05) is 170 Å². The summed E-state index contributed by atoms with van der Waals surface area (Å²) < 4.78 is 13.9. The number of imidazole rings is 2. The molecule has 40 heteroatoms. The average molecular weight is 1540 g/mol. The highest BCUT2D eigenvalue weighted by Gasteiger charge is 2.14. The summed E-state index contributed by atoms with van der Waals surface area (Å²) in [5.74, 6) is 3.03. The number of imide groups is 2. The third-order valence-electron chi connectivity index (χ3n) is 12.4. The summed E-state index contributed by atoms with van der Waals surface area (Å²) in [4.78, 5) is 122. The first-order valence-electron chi connectivity index (χ1n) is 31.2. The van der Waals surface area contributed by atoms with E-state index in [9.17, 15) is 28.8 Å². The van der Waals surface area contributed by atoms with E-state index in [1.54, 1.807) is 99.8 Å². The number of carbonyl (C=O) groups excluding carboxylic acids is 6. The second-order valence-electron chi connectivity index (χ2n) is 21.3. The molecule has 36 nitrogen and oxygen atoms in total. The summed E-state index contributed by atoms with van der Waals surface area (Å²) in [5.41, 5.74) is 18.3. The van der Waals surface area contributed by atoms with E-state index in [-0.39, 0.29) is 24.4 Å². The number of nitrogen functional groups attached to an aromatic ring is 2. The smallest absolute Gasteiger partial charge is 0.450 e. The maximum absolute atomic E-state index is 11.6. The first kappa shape index (κ1) is 84.7. The molecular weight excluding hydrogens is 1450 g/mol. The highest BCUT2D eigenvalue weighted by molar-refractivity contribution is 9.10. The average Bonchev–Trinajstić information content (AvgIpc) is 1.65. The Labute approximate surface area is 618 Å². The van der Waals surface area contributed by atoms with Crippen LogP contribution in [0.3, 0.4) is 0 Å². The fourth-order valence-corrected chi connectivity index (χ4v) is 8.05. The quantitative estimate of drug-likeness (QED) is 0.0402. The van der Waals surface area contributed by atoms with Gasteiger partial charge in [-0.05, 0) is 92.9 Å². The number of hydrogen-bond donors (Lipinski definition) is 10. The van der Waals surface area contributed by atoms with Gasteiger partial charge in [0.05, 0.1) is 25.6 Å². The SMILES string of the molecule is CCNC(=O)NC(=O)CCl.CCNC(=O)Nc1cn2ccc(-c3cnc(N(C)C)nc3)cc2n1.CCOC(=O)NC(=O)CCl.CCOC(=O)Nc1cn2ccc(-c3cnc(N(C)C)nc3)cc2n1.CN(C)c1ncc(-c2ccnc(N)c2)cn1.CN(C)c1ncc(B(O)O)cn1.Nc1cc(Br)ccn1. The van der Waals surface area contributed by atoms with E-state index in [1.165, 1.54) is 12.4 Å². The lowest BCUT2D eigenvalue weighted by Crippen LogP contribution is -2.39. The van der Waals surface area contributed by atoms with E-state index in [0.29, 0.717) is 77.9 Å². The van der Waals surface area contributed by atoms with E-state index < -0.39 is 37.2 Å². The van der Waals surface area contributed by atoms with Gasteiger partial charge in [0.25, 0.3) is 0 Å². The van der Waals surface area contributed by atoms with Gasteiger partial charge in [-0.25, -0.2) is 79.0 Å². The van der Waals surface area contributed by atoms with Gasteiger partial charge in [-0.15, -0.1) is 23.2 Å². The minimum absolute atomic E-state index is 0.197. The number of ether oxygens (including phenoxy) is 2. The number of anilines is 8. The molecule has 104 heavy (non-hydrogen) atoms. The molecule has 0 aliphatic heterocycles. The summed E-state index contributed by atoms with van der Waals surface area (Å²) in [6, 6.07) is 14.2. The molecule has 12 N–H and O–H groups in total. The molecule has 0 atom stereocenters. The van der Waals surface area contributed by atoms with Crippen molar-refractivity contribution in [1.82, 2.24) is 89.9 Å². The van der Waals surface area contributed by atoms with Crippen LogP contribution in [0.15, 0.2) is 140 Å². The fourth-order valence-electron chi connectivity index (χ4n) is 7.56. The zero-order valence-corrected chi connectivity index (χ0v) is 62.1.